The summed E-state index contributed by atoms with van der Waals surface area (Å²) in [6, 6.07) is 0.362. The maximum atomic E-state index is 13.5. The van der Waals surface area contributed by atoms with Crippen molar-refractivity contribution in [2.24, 2.45) is 5.41 Å². The number of aromatic nitrogens is 3. The number of nitrogens with one attached hydrogen (secondary N) is 2. The monoisotopic (exact) mass is 494 g/mol. The molecule has 188 valence electrons. The van der Waals surface area contributed by atoms with Crippen molar-refractivity contribution in [2.45, 2.75) is 71.1 Å². The van der Waals surface area contributed by atoms with Crippen LogP contribution in [0.3, 0.4) is 0 Å². The third-order valence-electron chi connectivity index (χ3n) is 5.98. The van der Waals surface area contributed by atoms with E-state index in [1.807, 2.05) is 13.8 Å². The number of rotatable bonds is 5. The van der Waals surface area contributed by atoms with Crippen LogP contribution in [0.2, 0.25) is 0 Å². The molecule has 2 aromatic heterocycles. The number of aliphatic hydroxyl groups is 1. The second-order valence-corrected chi connectivity index (χ2v) is 9.13. The fraction of sp³-hybridized carbons (Fsp3) is 0.571. The summed E-state index contributed by atoms with van der Waals surface area (Å²) >= 11 is 0. The molecule has 0 aromatic carbocycles. The predicted octanol–water partition coefficient (Wildman–Crippen LogP) is 4.31. The Balaban J connectivity index is 1.87. The first-order chi connectivity index (χ1) is 15.6. The van der Waals surface area contributed by atoms with Gasteiger partial charge in [-0.1, -0.05) is 13.8 Å². The molecule has 4 N–H and O–H groups in total. The molecule has 34 heavy (non-hydrogen) atoms. The third kappa shape index (κ3) is 5.80. The number of hydrogen-bond donors (Lipinski definition) is 4. The Morgan fingerprint density at radius 2 is 1.76 bits per heavy atom. The number of alkyl halides is 6. The minimum absolute atomic E-state index is 0.0473. The Bertz CT molecular complexity index is 1040. The number of aryl methyl sites for hydroxylation is 1. The van der Waals surface area contributed by atoms with Gasteiger partial charge < -0.3 is 15.7 Å². The van der Waals surface area contributed by atoms with Gasteiger partial charge in [-0.25, -0.2) is 4.98 Å². The highest BCUT2D eigenvalue weighted by molar-refractivity contribution is 5.49. The molecule has 2 atom stereocenters. The van der Waals surface area contributed by atoms with Crippen LogP contribution in [-0.4, -0.2) is 32.4 Å². The van der Waals surface area contributed by atoms with E-state index in [2.05, 4.69) is 20.6 Å². The van der Waals surface area contributed by atoms with Crippen LogP contribution in [0.5, 0.6) is 0 Å². The zero-order valence-corrected chi connectivity index (χ0v) is 18.7. The van der Waals surface area contributed by atoms with Gasteiger partial charge in [-0.3, -0.25) is 5.21 Å². The molecule has 0 bridgehead atoms. The number of halogens is 6. The Labute approximate surface area is 191 Å². The fourth-order valence-electron chi connectivity index (χ4n) is 3.99. The molecule has 3 rings (SSSR count). The maximum Gasteiger partial charge on any atom is 0.421 e. The minimum atomic E-state index is -4.76. The Morgan fingerprint density at radius 1 is 1.12 bits per heavy atom. The van der Waals surface area contributed by atoms with Crippen LogP contribution in [0.15, 0.2) is 18.5 Å². The van der Waals surface area contributed by atoms with Gasteiger partial charge in [-0.2, -0.15) is 31.3 Å². The maximum absolute atomic E-state index is 13.5. The molecule has 7 nitrogen and oxygen atoms in total. The van der Waals surface area contributed by atoms with Gasteiger partial charge in [0.25, 0.3) is 0 Å². The first-order valence-corrected chi connectivity index (χ1v) is 10.5. The lowest BCUT2D eigenvalue weighted by molar-refractivity contribution is -0.909. The molecule has 0 aliphatic heterocycles. The Kier molecular flexibility index (Phi) is 6.89. The van der Waals surface area contributed by atoms with Crippen molar-refractivity contribution >= 4 is 11.8 Å². The van der Waals surface area contributed by atoms with E-state index in [0.717, 1.165) is 12.3 Å². The highest BCUT2D eigenvalue weighted by Crippen LogP contribution is 2.39. The third-order valence-corrected chi connectivity index (χ3v) is 5.98. The van der Waals surface area contributed by atoms with Gasteiger partial charge in [0.05, 0.1) is 17.2 Å². The van der Waals surface area contributed by atoms with Gasteiger partial charge in [0, 0.05) is 36.5 Å². The van der Waals surface area contributed by atoms with Gasteiger partial charge in [0.1, 0.15) is 11.4 Å². The lowest BCUT2D eigenvalue weighted by Crippen LogP contribution is -2.41. The summed E-state index contributed by atoms with van der Waals surface area (Å²) in [4.78, 5) is 7.49. The van der Waals surface area contributed by atoms with Crippen LogP contribution in [0.4, 0.5) is 38.1 Å². The second-order valence-electron chi connectivity index (χ2n) is 9.13. The van der Waals surface area contributed by atoms with Crippen molar-refractivity contribution in [3.05, 3.63) is 40.8 Å². The van der Waals surface area contributed by atoms with Crippen LogP contribution in [0.25, 0.3) is 0 Å². The number of aliphatic hydroxyl groups excluding tert-OH is 1. The van der Waals surface area contributed by atoms with E-state index in [9.17, 15) is 36.7 Å². The van der Waals surface area contributed by atoms with E-state index < -0.39 is 53.4 Å². The normalized spacial score (nSPS) is 20.8. The summed E-state index contributed by atoms with van der Waals surface area (Å²) in [6.07, 6.45) is -7.40. The van der Waals surface area contributed by atoms with E-state index in [0.29, 0.717) is 30.2 Å². The molecule has 0 unspecified atom stereocenters. The Morgan fingerprint density at radius 3 is 2.35 bits per heavy atom. The molecule has 0 spiro atoms. The van der Waals surface area contributed by atoms with Crippen molar-refractivity contribution in [1.82, 2.24) is 9.97 Å². The zero-order valence-electron chi connectivity index (χ0n) is 18.7. The van der Waals surface area contributed by atoms with E-state index >= 15 is 0 Å². The largest absolute Gasteiger partial charge is 0.421 e. The lowest BCUT2D eigenvalue weighted by atomic mass is 9.73. The number of nitrogens with zero attached hydrogens (tertiary/aromatic N) is 3. The summed E-state index contributed by atoms with van der Waals surface area (Å²) in [6.45, 7) is 4.42. The highest BCUT2D eigenvalue weighted by Gasteiger charge is 2.39. The summed E-state index contributed by atoms with van der Waals surface area (Å²) in [5, 5.41) is 25.1. The number of anilines is 2. The van der Waals surface area contributed by atoms with Crippen LogP contribution in [0, 0.1) is 12.3 Å². The lowest BCUT2D eigenvalue weighted by Gasteiger charge is -2.40. The molecule has 1 aliphatic rings. The molecule has 2 aromatic rings. The van der Waals surface area contributed by atoms with Gasteiger partial charge >= 0.3 is 12.4 Å². The van der Waals surface area contributed by atoms with E-state index in [4.69, 9.17) is 0 Å². The van der Waals surface area contributed by atoms with Gasteiger partial charge in [-0.05, 0) is 24.7 Å². The molecular weight excluding hydrogens is 468 g/mol. The quantitative estimate of drug-likeness (QED) is 0.281. The SMILES string of the molecule is Cc1cc(C(F)(F)F)c(CNc2ncc(C(F)(F)F)c(N[C@@H]3CC[C@H](O)C(C)(C)C3)n2)c[n+]1O. The van der Waals surface area contributed by atoms with E-state index in [1.165, 1.54) is 6.92 Å². The standard InChI is InChI=1S/C21H26F6N5O2/c1-11-6-14(20(22,23)24)12(10-32(11)34)8-28-18-29-9-15(21(25,26)27)17(31-18)30-13-4-5-16(33)19(2,3)7-13/h6,9-10,13,16,33-34H,4-5,7-8H2,1-3H3,(H2,28,29,30,31)/q+1/t13-,16+/m1/s1. The average Bonchev–Trinajstić information content (AvgIpc) is 2.69. The Hall–Kier alpha value is -2.83. The molecule has 2 heterocycles. The molecule has 0 saturated heterocycles. The topological polar surface area (TPSA) is 94.2 Å². The molecular formula is C21H26F6N5O2+. The molecule has 0 radical (unpaired) electrons. The summed E-state index contributed by atoms with van der Waals surface area (Å²) in [7, 11) is 0. The summed E-state index contributed by atoms with van der Waals surface area (Å²) < 4.78 is 81.3. The highest BCUT2D eigenvalue weighted by atomic mass is 19.4. The fourth-order valence-corrected chi connectivity index (χ4v) is 3.99. The van der Waals surface area contributed by atoms with Crippen LogP contribution in [0.1, 0.15) is 55.5 Å². The van der Waals surface area contributed by atoms with Crippen molar-refractivity contribution in [2.75, 3.05) is 10.6 Å². The molecule has 1 aliphatic carbocycles. The van der Waals surface area contributed by atoms with Gasteiger partial charge in [-0.15, -0.1) is 0 Å². The number of pyridine rings is 1. The van der Waals surface area contributed by atoms with Crippen LogP contribution >= 0.6 is 0 Å². The minimum Gasteiger partial charge on any atom is -0.393 e. The average molecular weight is 494 g/mol. The van der Waals surface area contributed by atoms with Crippen molar-refractivity contribution in [3.63, 3.8) is 0 Å². The van der Waals surface area contributed by atoms with E-state index in [1.54, 1.807) is 0 Å². The smallest absolute Gasteiger partial charge is 0.393 e. The molecule has 1 saturated carbocycles. The van der Waals surface area contributed by atoms with Gasteiger partial charge in [0.2, 0.25) is 17.8 Å². The van der Waals surface area contributed by atoms with Crippen LogP contribution < -0.4 is 15.4 Å². The first-order valence-electron chi connectivity index (χ1n) is 10.5. The summed E-state index contributed by atoms with van der Waals surface area (Å²) in [5.41, 5.74) is -3.02. The zero-order chi connectivity index (χ0) is 25.5. The summed E-state index contributed by atoms with van der Waals surface area (Å²) in [5.74, 6) is -0.817. The number of hydrogen-bond acceptors (Lipinski definition) is 6. The van der Waals surface area contributed by atoms with Crippen molar-refractivity contribution < 1.29 is 41.4 Å². The predicted molar refractivity (Wildman–Crippen MR) is 109 cm³/mol. The molecule has 0 amide bonds. The molecule has 13 heteroatoms. The van der Waals surface area contributed by atoms with Gasteiger partial charge in [0.15, 0.2) is 0 Å². The van der Waals surface area contributed by atoms with Crippen LogP contribution in [-0.2, 0) is 18.9 Å². The van der Waals surface area contributed by atoms with Crippen molar-refractivity contribution in [1.29, 1.82) is 0 Å². The van der Waals surface area contributed by atoms with Crippen molar-refractivity contribution in [3.8, 4) is 0 Å². The first kappa shape index (κ1) is 25.8. The second kappa shape index (κ2) is 9.08. The van der Waals surface area contributed by atoms with E-state index in [-0.39, 0.29) is 17.2 Å². The molecule has 1 fully saturated rings.